The number of rotatable bonds is 15. The van der Waals surface area contributed by atoms with E-state index in [0.717, 1.165) is 129 Å². The molecule has 0 radical (unpaired) electrons. The van der Waals surface area contributed by atoms with Crippen molar-refractivity contribution in [1.29, 1.82) is 10.5 Å². The minimum atomic E-state index is -1.02. The molecule has 75 heavy (non-hydrogen) atoms. The van der Waals surface area contributed by atoms with E-state index in [9.17, 15) is 29.7 Å². The zero-order valence-electron chi connectivity index (χ0n) is 43.1. The molecule has 4 heterocycles. The third-order valence-electron chi connectivity index (χ3n) is 16.5. The van der Waals surface area contributed by atoms with Gasteiger partial charge in [-0.25, -0.2) is 19.6 Å². The van der Waals surface area contributed by atoms with E-state index in [4.69, 9.17) is 19.4 Å². The molecule has 388 valence electrons. The van der Waals surface area contributed by atoms with Gasteiger partial charge >= 0.3 is 12.2 Å². The zero-order chi connectivity index (χ0) is 52.2. The molecular formula is C59H66N10O6. The summed E-state index contributed by atoms with van der Waals surface area (Å²) in [7, 11) is 2.50. The monoisotopic (exact) mass is 1010 g/mol. The number of benzene rings is 4. The molecule has 4 amide bonds. The number of nitrogens with zero attached hydrogens (tertiary/aromatic N) is 6. The van der Waals surface area contributed by atoms with E-state index < -0.39 is 24.3 Å². The van der Waals surface area contributed by atoms with Crippen molar-refractivity contribution in [3.05, 3.63) is 107 Å². The fraction of sp³-hybridized carbons (Fsp3) is 0.458. The van der Waals surface area contributed by atoms with Crippen LogP contribution in [-0.2, 0) is 38.3 Å². The van der Waals surface area contributed by atoms with Crippen molar-refractivity contribution >= 4 is 46.1 Å². The number of nitriles is 2. The van der Waals surface area contributed by atoms with Gasteiger partial charge in [-0.3, -0.25) is 9.59 Å². The normalized spacial score (nSPS) is 21.9. The first-order chi connectivity index (χ1) is 36.6. The Hall–Kier alpha value is -7.72. The molecule has 8 atom stereocenters. The van der Waals surface area contributed by atoms with Crippen LogP contribution >= 0.6 is 0 Å². The van der Waals surface area contributed by atoms with Crippen molar-refractivity contribution in [2.75, 3.05) is 14.2 Å². The topological polar surface area (TPSA) is 222 Å². The van der Waals surface area contributed by atoms with Crippen LogP contribution < -0.4 is 10.6 Å². The van der Waals surface area contributed by atoms with Gasteiger partial charge in [0.05, 0.1) is 73.4 Å². The largest absolute Gasteiger partial charge is 0.453 e. The molecule has 4 aromatic carbocycles. The average molecular weight is 1010 g/mol. The minimum Gasteiger partial charge on any atom is -0.453 e. The molecule has 6 aromatic rings. The average Bonchev–Trinajstić information content (AvgIpc) is 4.27. The van der Waals surface area contributed by atoms with Crippen LogP contribution in [0.15, 0.2) is 78.9 Å². The maximum Gasteiger partial charge on any atom is 0.407 e. The van der Waals surface area contributed by atoms with Crippen molar-refractivity contribution in [3.8, 4) is 34.4 Å². The van der Waals surface area contributed by atoms with Gasteiger partial charge in [0.2, 0.25) is 11.8 Å². The molecular weight excluding hydrogens is 945 g/mol. The molecule has 10 rings (SSSR count). The molecule has 2 aromatic heterocycles. The number of methoxy groups -OCH3 is 2. The molecule has 2 aliphatic carbocycles. The first kappa shape index (κ1) is 50.8. The summed E-state index contributed by atoms with van der Waals surface area (Å²) >= 11 is 0. The summed E-state index contributed by atoms with van der Waals surface area (Å²) in [6.45, 7) is 2.20. The Balaban J connectivity index is 0.889. The molecule has 2 saturated carbocycles. The number of fused-ring (bicyclic) bond motifs is 4. The lowest BCUT2D eigenvalue weighted by Crippen LogP contribution is -2.51. The number of hydrogen-bond donors (Lipinski definition) is 4. The van der Waals surface area contributed by atoms with Crippen molar-refractivity contribution in [1.82, 2.24) is 40.4 Å². The van der Waals surface area contributed by atoms with Gasteiger partial charge in [0, 0.05) is 12.1 Å². The number of H-pyrrole nitrogens is 2. The number of ether oxygens (including phenoxy) is 2. The van der Waals surface area contributed by atoms with Crippen LogP contribution in [0.5, 0.6) is 0 Å². The molecule has 2 saturated heterocycles. The molecule has 16 heteroatoms. The Bertz CT molecular complexity index is 3190. The summed E-state index contributed by atoms with van der Waals surface area (Å²) in [6, 6.07) is 29.5. The highest BCUT2D eigenvalue weighted by molar-refractivity contribution is 5.89. The van der Waals surface area contributed by atoms with Crippen molar-refractivity contribution in [2.24, 2.45) is 11.8 Å². The Morgan fingerprint density at radius 3 is 1.67 bits per heavy atom. The van der Waals surface area contributed by atoms with E-state index in [-0.39, 0.29) is 48.8 Å². The number of alkyl carbamates (subject to hydrolysis) is 2. The number of carbonyl (C=O) groups is 4. The molecule has 4 fully saturated rings. The molecule has 2 aliphatic heterocycles. The second kappa shape index (κ2) is 22.4. The van der Waals surface area contributed by atoms with E-state index in [1.54, 1.807) is 0 Å². The van der Waals surface area contributed by atoms with E-state index >= 15 is 0 Å². The van der Waals surface area contributed by atoms with E-state index in [0.29, 0.717) is 23.5 Å². The highest BCUT2D eigenvalue weighted by Crippen LogP contribution is 2.48. The second-order valence-corrected chi connectivity index (χ2v) is 20.9. The van der Waals surface area contributed by atoms with E-state index in [1.807, 2.05) is 15.9 Å². The van der Waals surface area contributed by atoms with E-state index in [1.165, 1.54) is 36.5 Å². The second-order valence-electron chi connectivity index (χ2n) is 20.9. The first-order valence-electron chi connectivity index (χ1n) is 26.9. The number of aryl methyl sites for hydroxylation is 3. The predicted octanol–water partition coefficient (Wildman–Crippen LogP) is 10.5. The lowest BCUT2D eigenvalue weighted by atomic mass is 9.84. The molecule has 4 aliphatic rings. The maximum atomic E-state index is 14.3. The molecule has 0 spiro atoms. The zero-order valence-corrected chi connectivity index (χ0v) is 43.1. The lowest BCUT2D eigenvalue weighted by Gasteiger charge is -2.35. The van der Waals surface area contributed by atoms with Crippen LogP contribution in [0.2, 0.25) is 0 Å². The SMILES string of the molecule is CCCc1ccc(CCc2ccccc2-c2ccc3nc([C@@H]4C[C@@H]5CCCC[C@@H]5N4C(=O)[C@H](CC#N)NC(=O)OC)[nH]c3c2)cc1-c1ccc2nc([C@@H]3C[C@@H]4CCCC[C@@H]4N3C(=O)[C@H](CC#N)NC(=O)OC)[nH]c2c1. The Labute approximate surface area is 437 Å². The van der Waals surface area contributed by atoms with Crippen LogP contribution in [0.3, 0.4) is 0 Å². The Kier molecular flexibility index (Phi) is 15.2. The van der Waals surface area contributed by atoms with Crippen molar-refractivity contribution < 1.29 is 28.7 Å². The van der Waals surface area contributed by atoms with Gasteiger partial charge in [0.1, 0.15) is 23.7 Å². The van der Waals surface area contributed by atoms with Gasteiger partial charge < -0.3 is 39.9 Å². The third-order valence-corrected chi connectivity index (χ3v) is 16.5. The highest BCUT2D eigenvalue weighted by atomic mass is 16.5. The number of aromatic amines is 2. The fourth-order valence-electron chi connectivity index (χ4n) is 12.9. The van der Waals surface area contributed by atoms with Crippen molar-refractivity contribution in [2.45, 2.75) is 146 Å². The molecule has 4 N–H and O–H groups in total. The van der Waals surface area contributed by atoms with Gasteiger partial charge in [-0.2, -0.15) is 10.5 Å². The Morgan fingerprint density at radius 2 is 1.15 bits per heavy atom. The number of carbonyl (C=O) groups excluding carboxylic acids is 4. The molecule has 0 unspecified atom stereocenters. The summed E-state index contributed by atoms with van der Waals surface area (Å²) < 4.78 is 9.63. The van der Waals surface area contributed by atoms with E-state index in [2.05, 4.69) is 112 Å². The summed E-state index contributed by atoms with van der Waals surface area (Å²) in [5.41, 5.74) is 11.6. The van der Waals surface area contributed by atoms with Gasteiger partial charge in [-0.15, -0.1) is 0 Å². The standard InChI is InChI=1S/C59H66N10O6/c1-4-11-36-20-18-35(30-43(36)39-23-25-45-49(32-39)65-55(63-45)53-34-41-14-7-10-17-51(41)69(53)57(71)47(27-29-61)67-59(73)75-3)19-21-37-12-5-8-15-42(37)38-22-24-44-48(31-38)64-54(62-44)52-33-40-13-6-9-16-50(40)68(52)56(70)46(26-28-60)66-58(72)74-2/h5,8,12,15,18,20,22-25,30-32,40-41,46-47,50-53H,4,6-7,9-11,13-14,16-17,19,21,26-27,33-34H2,1-3H3,(H,62,64)(H,63,65)(H,66,72)(H,67,73)/t40-,41-,46-,47-,50-,51-,52-,53-/m0/s1. The minimum absolute atomic E-state index is 0.00822. The number of likely N-dealkylation sites (tertiary alicyclic amines) is 2. The van der Waals surface area contributed by atoms with Crippen LogP contribution in [0, 0.1) is 34.5 Å². The summed E-state index contributed by atoms with van der Waals surface area (Å²) in [5.74, 6) is 1.49. The summed E-state index contributed by atoms with van der Waals surface area (Å²) in [5, 5.41) is 24.5. The maximum absolute atomic E-state index is 14.3. The van der Waals surface area contributed by atoms with Crippen LogP contribution in [0.1, 0.15) is 131 Å². The smallest absolute Gasteiger partial charge is 0.407 e. The van der Waals surface area contributed by atoms with Gasteiger partial charge in [0.15, 0.2) is 0 Å². The predicted molar refractivity (Wildman–Crippen MR) is 283 cm³/mol. The first-order valence-corrected chi connectivity index (χ1v) is 26.9. The van der Waals surface area contributed by atoms with Gasteiger partial charge in [0.25, 0.3) is 0 Å². The fourth-order valence-corrected chi connectivity index (χ4v) is 12.9. The van der Waals surface area contributed by atoms with Crippen LogP contribution in [0.25, 0.3) is 44.3 Å². The number of aromatic nitrogens is 4. The number of hydrogen-bond acceptors (Lipinski definition) is 10. The summed E-state index contributed by atoms with van der Waals surface area (Å²) in [4.78, 5) is 74.3. The number of imidazole rings is 2. The van der Waals surface area contributed by atoms with Crippen LogP contribution in [-0.4, -0.2) is 92.1 Å². The Morgan fingerprint density at radius 1 is 0.640 bits per heavy atom. The molecule has 16 nitrogen and oxygen atoms in total. The number of amides is 4. The summed E-state index contributed by atoms with van der Waals surface area (Å²) in [6.07, 6.45) is 11.3. The number of nitrogens with one attached hydrogen (secondary N) is 4. The third kappa shape index (κ3) is 10.4. The van der Waals surface area contributed by atoms with Crippen molar-refractivity contribution in [3.63, 3.8) is 0 Å². The van der Waals surface area contributed by atoms with Gasteiger partial charge in [-0.05, 0) is 133 Å². The van der Waals surface area contributed by atoms with Gasteiger partial charge in [-0.1, -0.05) is 93.6 Å². The highest BCUT2D eigenvalue weighted by Gasteiger charge is 2.49. The molecule has 0 bridgehead atoms. The quantitative estimate of drug-likeness (QED) is 0.0762. The van der Waals surface area contributed by atoms with Crippen LogP contribution in [0.4, 0.5) is 9.59 Å². The lowest BCUT2D eigenvalue weighted by molar-refractivity contribution is -0.138.